The van der Waals surface area contributed by atoms with E-state index in [1.54, 1.807) is 60.7 Å². The lowest BCUT2D eigenvalue weighted by Crippen LogP contribution is -2.55. The third-order valence-corrected chi connectivity index (χ3v) is 5.91. The minimum absolute atomic E-state index is 0.0262. The van der Waals surface area contributed by atoms with Gasteiger partial charge in [0.1, 0.15) is 18.6 Å². The number of ketones is 1. The zero-order valence-corrected chi connectivity index (χ0v) is 20.6. The van der Waals surface area contributed by atoms with E-state index in [4.69, 9.17) is 4.74 Å². The Labute approximate surface area is 214 Å². The fourth-order valence-corrected chi connectivity index (χ4v) is 4.11. The predicted molar refractivity (Wildman–Crippen MR) is 134 cm³/mol. The summed E-state index contributed by atoms with van der Waals surface area (Å²) in [6, 6.07) is 15.3. The Morgan fingerprint density at radius 2 is 1.65 bits per heavy atom. The van der Waals surface area contributed by atoms with Crippen LogP contribution in [0.3, 0.4) is 0 Å². The first-order valence-corrected chi connectivity index (χ1v) is 11.7. The number of benzene rings is 2. The molecule has 2 aromatic rings. The van der Waals surface area contributed by atoms with E-state index in [2.05, 4.69) is 5.32 Å². The van der Waals surface area contributed by atoms with Crippen molar-refractivity contribution >= 4 is 35.2 Å². The highest BCUT2D eigenvalue weighted by Crippen LogP contribution is 2.28. The minimum atomic E-state index is -1.67. The molecule has 2 aromatic carbocycles. The van der Waals surface area contributed by atoms with Gasteiger partial charge >= 0.3 is 5.97 Å². The van der Waals surface area contributed by atoms with Gasteiger partial charge in [0.15, 0.2) is 0 Å². The van der Waals surface area contributed by atoms with Gasteiger partial charge in [-0.25, -0.2) is 4.79 Å². The molecule has 0 saturated carbocycles. The highest BCUT2D eigenvalue weighted by molar-refractivity contribution is 6.35. The predicted octanol–water partition coefficient (Wildman–Crippen LogP) is 1.46. The van der Waals surface area contributed by atoms with E-state index in [-0.39, 0.29) is 25.4 Å². The number of hydrogen-bond acceptors (Lipinski definition) is 6. The van der Waals surface area contributed by atoms with Crippen molar-refractivity contribution < 1.29 is 33.8 Å². The van der Waals surface area contributed by atoms with Crippen LogP contribution in [0, 0.1) is 0 Å². The van der Waals surface area contributed by atoms with Crippen molar-refractivity contribution in [2.45, 2.75) is 31.8 Å². The number of rotatable bonds is 11. The average Bonchev–Trinajstić information content (AvgIpc) is 2.89. The third kappa shape index (κ3) is 6.89. The molecule has 0 bridgehead atoms. The molecule has 37 heavy (non-hydrogen) atoms. The Kier molecular flexibility index (Phi) is 9.28. The fraction of sp³-hybridized carbons (Fsp3) is 0.296. The molecule has 0 saturated heterocycles. The molecule has 1 aliphatic heterocycles. The van der Waals surface area contributed by atoms with Crippen LogP contribution < -0.4 is 5.32 Å². The van der Waals surface area contributed by atoms with Gasteiger partial charge in [-0.15, -0.1) is 0 Å². The van der Waals surface area contributed by atoms with Gasteiger partial charge in [0.05, 0.1) is 5.70 Å². The zero-order valence-electron chi connectivity index (χ0n) is 20.6. The second kappa shape index (κ2) is 12.6. The summed E-state index contributed by atoms with van der Waals surface area (Å²) in [5.74, 6) is -4.39. The molecule has 0 unspecified atom stereocenters. The number of aliphatic carboxylic acids is 1. The highest BCUT2D eigenvalue weighted by atomic mass is 16.5. The fourth-order valence-electron chi connectivity index (χ4n) is 4.11. The Morgan fingerprint density at radius 3 is 2.22 bits per heavy atom. The van der Waals surface area contributed by atoms with Crippen molar-refractivity contribution in [3.05, 3.63) is 78.0 Å². The number of ether oxygens (including phenoxy) is 1. The number of nitrogens with one attached hydrogen (secondary N) is 1. The number of amides is 3. The molecule has 1 heterocycles. The number of carboxylic acid groups (broad SMARTS) is 1. The molecule has 3 rings (SSSR count). The van der Waals surface area contributed by atoms with Crippen molar-refractivity contribution in [3.63, 3.8) is 0 Å². The molecular weight excluding hydrogens is 478 g/mol. The average molecular weight is 508 g/mol. The lowest BCUT2D eigenvalue weighted by atomic mass is 10.0. The molecule has 10 heteroatoms. The molecule has 194 valence electrons. The lowest BCUT2D eigenvalue weighted by Gasteiger charge is -2.39. The Morgan fingerprint density at radius 1 is 1.03 bits per heavy atom. The smallest absolute Gasteiger partial charge is 0.374 e. The second-order valence-electron chi connectivity index (χ2n) is 8.51. The van der Waals surface area contributed by atoms with Crippen LogP contribution in [-0.4, -0.2) is 76.7 Å². The minimum Gasteiger partial charge on any atom is -0.475 e. The van der Waals surface area contributed by atoms with Gasteiger partial charge in [0, 0.05) is 39.7 Å². The number of carboxylic acids is 1. The van der Waals surface area contributed by atoms with E-state index in [0.717, 1.165) is 0 Å². The first-order valence-electron chi connectivity index (χ1n) is 11.7. The monoisotopic (exact) mass is 507 g/mol. The summed E-state index contributed by atoms with van der Waals surface area (Å²) < 4.78 is 5.11. The number of carbonyl (C=O) groups is 5. The normalized spacial score (nSPS) is 16.1. The molecule has 0 aromatic heterocycles. The van der Waals surface area contributed by atoms with Crippen molar-refractivity contribution in [3.8, 4) is 0 Å². The van der Waals surface area contributed by atoms with Gasteiger partial charge in [-0.2, -0.15) is 0 Å². The summed E-state index contributed by atoms with van der Waals surface area (Å²) in [6.45, 7) is 1.08. The molecule has 0 radical (unpaired) electrons. The van der Waals surface area contributed by atoms with Crippen LogP contribution in [0.2, 0.25) is 0 Å². The van der Waals surface area contributed by atoms with Crippen molar-refractivity contribution in [2.75, 3.05) is 20.3 Å². The van der Waals surface area contributed by atoms with Gasteiger partial charge in [0.2, 0.25) is 11.8 Å². The van der Waals surface area contributed by atoms with Crippen molar-refractivity contribution in [1.29, 1.82) is 0 Å². The summed E-state index contributed by atoms with van der Waals surface area (Å²) in [7, 11) is 1.48. The van der Waals surface area contributed by atoms with Gasteiger partial charge in [-0.3, -0.25) is 24.1 Å². The first-order chi connectivity index (χ1) is 17.7. The number of hydrogen-bond donors (Lipinski definition) is 2. The third-order valence-electron chi connectivity index (χ3n) is 5.91. The molecule has 1 aliphatic rings. The summed E-state index contributed by atoms with van der Waals surface area (Å²) in [5, 5.41) is 11.8. The van der Waals surface area contributed by atoms with E-state index in [1.165, 1.54) is 30.0 Å². The largest absolute Gasteiger partial charge is 0.475 e. The van der Waals surface area contributed by atoms with Crippen molar-refractivity contribution in [1.82, 2.24) is 15.1 Å². The summed E-state index contributed by atoms with van der Waals surface area (Å²) >= 11 is 0. The summed E-state index contributed by atoms with van der Waals surface area (Å²) in [5.41, 5.74) is 1.59. The number of Topliss-reactive ketones (excluding diaryl/α,β-unsaturated/α-hetero) is 1. The quantitative estimate of drug-likeness (QED) is 0.440. The van der Waals surface area contributed by atoms with Crippen LogP contribution >= 0.6 is 0 Å². The maximum atomic E-state index is 13.6. The highest BCUT2D eigenvalue weighted by Gasteiger charge is 2.38. The number of carbonyl (C=O) groups excluding carboxylic acids is 4. The SMILES string of the molecule is COCC[C@H]1C(=O)N(CC(=O)N[C@@H](Cc2ccccc2)C(=O)C(=O)O)C(c2ccccc2)=CN1C(C)=O. The summed E-state index contributed by atoms with van der Waals surface area (Å²) in [4.78, 5) is 65.4. The van der Waals surface area contributed by atoms with Gasteiger partial charge in [-0.1, -0.05) is 60.7 Å². The van der Waals surface area contributed by atoms with Crippen LogP contribution in [0.5, 0.6) is 0 Å². The topological polar surface area (TPSA) is 133 Å². The molecule has 2 N–H and O–H groups in total. The summed E-state index contributed by atoms with van der Waals surface area (Å²) in [6.07, 6.45) is 1.71. The molecule has 0 fully saturated rings. The maximum absolute atomic E-state index is 13.6. The zero-order chi connectivity index (χ0) is 26.9. The van der Waals surface area contributed by atoms with Crippen LogP contribution in [0.15, 0.2) is 66.9 Å². The molecular formula is C27H29N3O7. The van der Waals surface area contributed by atoms with E-state index in [9.17, 15) is 29.1 Å². The van der Waals surface area contributed by atoms with Crippen LogP contribution in [0.1, 0.15) is 24.5 Å². The van der Waals surface area contributed by atoms with Crippen LogP contribution in [0.4, 0.5) is 0 Å². The Bertz CT molecular complexity index is 1180. The maximum Gasteiger partial charge on any atom is 0.374 e. The van der Waals surface area contributed by atoms with Crippen LogP contribution in [0.25, 0.3) is 5.70 Å². The number of methoxy groups -OCH3 is 1. The lowest BCUT2D eigenvalue weighted by molar-refractivity contribution is -0.150. The van der Waals surface area contributed by atoms with E-state index in [0.29, 0.717) is 16.8 Å². The van der Waals surface area contributed by atoms with Crippen molar-refractivity contribution in [2.24, 2.45) is 0 Å². The molecule has 2 atom stereocenters. The van der Waals surface area contributed by atoms with E-state index in [1.807, 2.05) is 0 Å². The van der Waals surface area contributed by atoms with Gasteiger partial charge in [0.25, 0.3) is 11.7 Å². The van der Waals surface area contributed by atoms with Gasteiger partial charge < -0.3 is 20.1 Å². The van der Waals surface area contributed by atoms with E-state index < -0.39 is 42.2 Å². The Hall–Kier alpha value is -4.31. The second-order valence-corrected chi connectivity index (χ2v) is 8.51. The van der Waals surface area contributed by atoms with Gasteiger partial charge in [-0.05, 0) is 11.1 Å². The molecule has 0 aliphatic carbocycles. The van der Waals surface area contributed by atoms with E-state index >= 15 is 0 Å². The first kappa shape index (κ1) is 27.3. The molecule has 3 amide bonds. The molecule has 0 spiro atoms. The van der Waals surface area contributed by atoms with Crippen LogP contribution in [-0.2, 0) is 35.1 Å². The standard InChI is InChI=1S/C27H29N3O7/c1-18(31)29-16-23(20-11-7-4-8-12-20)30(26(34)22(29)13-14-37-2)17-24(32)28-21(25(33)27(35)36)15-19-9-5-3-6-10-19/h3-12,16,21-22H,13-15,17H2,1-2H3,(H,28,32)(H,35,36)/t21-,22-/m0/s1. The number of nitrogens with zero attached hydrogens (tertiary/aromatic N) is 2. The molecule has 10 nitrogen and oxygen atoms in total. The Balaban J connectivity index is 1.91.